The van der Waals surface area contributed by atoms with Gasteiger partial charge in [0.2, 0.25) is 0 Å². The van der Waals surface area contributed by atoms with E-state index < -0.39 is 0 Å². The van der Waals surface area contributed by atoms with Crippen LogP contribution in [0.2, 0.25) is 0 Å². The summed E-state index contributed by atoms with van der Waals surface area (Å²) in [6, 6.07) is 21.2. The van der Waals surface area contributed by atoms with E-state index in [0.717, 1.165) is 27.1 Å². The summed E-state index contributed by atoms with van der Waals surface area (Å²) in [5.74, 6) is 1.79. The second-order valence-electron chi connectivity index (χ2n) is 7.39. The van der Waals surface area contributed by atoms with E-state index in [0.29, 0.717) is 29.8 Å². The van der Waals surface area contributed by atoms with Crippen LogP contribution >= 0.6 is 11.3 Å². The van der Waals surface area contributed by atoms with E-state index in [4.69, 9.17) is 19.2 Å². The van der Waals surface area contributed by atoms with Crippen molar-refractivity contribution in [2.75, 3.05) is 25.7 Å². The highest BCUT2D eigenvalue weighted by molar-refractivity contribution is 7.22. The van der Waals surface area contributed by atoms with Crippen molar-refractivity contribution in [3.63, 3.8) is 0 Å². The molecular formula is C27H26N2O4S. The lowest BCUT2D eigenvalue weighted by Gasteiger charge is -2.18. The highest BCUT2D eigenvalue weighted by atomic mass is 32.1. The van der Waals surface area contributed by atoms with Crippen LogP contribution in [0.1, 0.15) is 18.1 Å². The van der Waals surface area contributed by atoms with Crippen molar-refractivity contribution in [1.29, 1.82) is 0 Å². The number of hydrogen-bond donors (Lipinski definition) is 0. The lowest BCUT2D eigenvalue weighted by Crippen LogP contribution is -2.28. The maximum atomic E-state index is 13.4. The number of carbonyl (C=O) groups is 1. The minimum absolute atomic E-state index is 0.171. The molecular weight excluding hydrogens is 448 g/mol. The van der Waals surface area contributed by atoms with Gasteiger partial charge < -0.3 is 14.2 Å². The fraction of sp³-hybridized carbons (Fsp3) is 0.185. The zero-order chi connectivity index (χ0) is 23.9. The number of methoxy groups -OCH3 is 2. The highest BCUT2D eigenvalue weighted by Crippen LogP contribution is 2.35. The van der Waals surface area contributed by atoms with Gasteiger partial charge >= 0.3 is 0 Å². The van der Waals surface area contributed by atoms with Crippen LogP contribution in [-0.4, -0.2) is 31.7 Å². The quantitative estimate of drug-likeness (QED) is 0.280. The number of fused-ring (bicyclic) bond motifs is 1. The fourth-order valence-electron chi connectivity index (χ4n) is 3.52. The predicted molar refractivity (Wildman–Crippen MR) is 137 cm³/mol. The minimum Gasteiger partial charge on any atom is -0.493 e. The standard InChI is InChI=1S/C27H26N2O4S/c1-4-33-22-11-8-12-24-26(22)28-27(34-24)29(18-20-9-6-5-7-10-20)25(30)16-14-19-13-15-21(31-2)23(17-19)32-3/h5-17H,4,18H2,1-3H3/b16-14+. The van der Waals surface area contributed by atoms with Gasteiger partial charge in [0.1, 0.15) is 11.3 Å². The van der Waals surface area contributed by atoms with Gasteiger partial charge in [-0.1, -0.05) is 53.8 Å². The van der Waals surface area contributed by atoms with Crippen LogP contribution in [0.3, 0.4) is 0 Å². The largest absolute Gasteiger partial charge is 0.493 e. The van der Waals surface area contributed by atoms with Crippen LogP contribution in [0, 0.1) is 0 Å². The molecule has 0 aliphatic rings. The molecule has 3 aromatic carbocycles. The first-order valence-electron chi connectivity index (χ1n) is 10.9. The van der Waals surface area contributed by atoms with E-state index in [9.17, 15) is 4.79 Å². The number of ether oxygens (including phenoxy) is 3. The van der Waals surface area contributed by atoms with Crippen LogP contribution < -0.4 is 19.1 Å². The Kier molecular flexibility index (Phi) is 7.44. The number of hydrogen-bond acceptors (Lipinski definition) is 6. The van der Waals surface area contributed by atoms with E-state index in [1.54, 1.807) is 31.3 Å². The maximum Gasteiger partial charge on any atom is 0.253 e. The van der Waals surface area contributed by atoms with Gasteiger partial charge in [-0.25, -0.2) is 4.98 Å². The number of carbonyl (C=O) groups excluding carboxylic acids is 1. The Morgan fingerprint density at radius 2 is 1.76 bits per heavy atom. The third kappa shape index (κ3) is 5.21. The first-order chi connectivity index (χ1) is 16.6. The van der Waals surface area contributed by atoms with E-state index in [1.165, 1.54) is 11.3 Å². The fourth-order valence-corrected chi connectivity index (χ4v) is 4.51. The second kappa shape index (κ2) is 10.9. The first kappa shape index (κ1) is 23.3. The molecule has 0 N–H and O–H groups in total. The van der Waals surface area contributed by atoms with Crippen molar-refractivity contribution >= 4 is 38.7 Å². The van der Waals surface area contributed by atoms with Crippen molar-refractivity contribution in [3.05, 3.63) is 83.9 Å². The van der Waals surface area contributed by atoms with Crippen LogP contribution in [0.25, 0.3) is 16.3 Å². The number of aromatic nitrogens is 1. The molecule has 1 heterocycles. The summed E-state index contributed by atoms with van der Waals surface area (Å²) >= 11 is 1.47. The summed E-state index contributed by atoms with van der Waals surface area (Å²) in [5, 5.41) is 0.618. The molecule has 0 radical (unpaired) electrons. The molecule has 0 atom stereocenters. The topological polar surface area (TPSA) is 60.9 Å². The zero-order valence-corrected chi connectivity index (χ0v) is 20.2. The van der Waals surface area contributed by atoms with Crippen LogP contribution in [0.15, 0.2) is 72.8 Å². The van der Waals surface area contributed by atoms with Crippen molar-refractivity contribution in [3.8, 4) is 17.2 Å². The number of amides is 1. The third-order valence-electron chi connectivity index (χ3n) is 5.18. The summed E-state index contributed by atoms with van der Waals surface area (Å²) in [6.07, 6.45) is 3.32. The van der Waals surface area contributed by atoms with Crippen molar-refractivity contribution in [1.82, 2.24) is 4.98 Å². The smallest absolute Gasteiger partial charge is 0.253 e. The molecule has 0 bridgehead atoms. The maximum absolute atomic E-state index is 13.4. The lowest BCUT2D eigenvalue weighted by atomic mass is 10.1. The summed E-state index contributed by atoms with van der Waals surface area (Å²) in [5.41, 5.74) is 2.60. The first-order valence-corrected chi connectivity index (χ1v) is 11.7. The molecule has 174 valence electrons. The van der Waals surface area contributed by atoms with Crippen LogP contribution in [0.4, 0.5) is 5.13 Å². The summed E-state index contributed by atoms with van der Waals surface area (Å²) in [6.45, 7) is 2.89. The highest BCUT2D eigenvalue weighted by Gasteiger charge is 2.20. The molecule has 0 spiro atoms. The molecule has 6 nitrogen and oxygen atoms in total. The Hall–Kier alpha value is -3.84. The number of anilines is 1. The Morgan fingerprint density at radius 3 is 2.50 bits per heavy atom. The summed E-state index contributed by atoms with van der Waals surface area (Å²) in [4.78, 5) is 19.9. The molecule has 7 heteroatoms. The van der Waals surface area contributed by atoms with Gasteiger partial charge in [0, 0.05) is 6.08 Å². The molecule has 1 aromatic heterocycles. The van der Waals surface area contributed by atoms with Gasteiger partial charge in [0.25, 0.3) is 5.91 Å². The number of benzene rings is 3. The molecule has 0 unspecified atom stereocenters. The van der Waals surface area contributed by atoms with E-state index in [1.807, 2.05) is 73.7 Å². The predicted octanol–water partition coefficient (Wildman–Crippen LogP) is 5.96. The Bertz CT molecular complexity index is 1300. The lowest BCUT2D eigenvalue weighted by molar-refractivity contribution is -0.114. The van der Waals surface area contributed by atoms with Crippen molar-refractivity contribution in [2.45, 2.75) is 13.5 Å². The van der Waals surface area contributed by atoms with Gasteiger partial charge in [-0.15, -0.1) is 0 Å². The van der Waals surface area contributed by atoms with Crippen LogP contribution in [-0.2, 0) is 11.3 Å². The molecule has 0 aliphatic heterocycles. The van der Waals surface area contributed by atoms with Gasteiger partial charge in [-0.3, -0.25) is 9.69 Å². The third-order valence-corrected chi connectivity index (χ3v) is 6.22. The minimum atomic E-state index is -0.171. The van der Waals surface area contributed by atoms with Gasteiger partial charge in [-0.2, -0.15) is 0 Å². The summed E-state index contributed by atoms with van der Waals surface area (Å²) < 4.78 is 17.4. The van der Waals surface area contributed by atoms with E-state index >= 15 is 0 Å². The molecule has 34 heavy (non-hydrogen) atoms. The Labute approximate surface area is 203 Å². The average molecular weight is 475 g/mol. The Morgan fingerprint density at radius 1 is 0.971 bits per heavy atom. The molecule has 0 fully saturated rings. The number of para-hydroxylation sites is 1. The number of rotatable bonds is 9. The average Bonchev–Trinajstić information content (AvgIpc) is 3.31. The van der Waals surface area contributed by atoms with Gasteiger partial charge in [0.05, 0.1) is 32.1 Å². The van der Waals surface area contributed by atoms with Crippen molar-refractivity contribution < 1.29 is 19.0 Å². The molecule has 0 saturated heterocycles. The van der Waals surface area contributed by atoms with E-state index in [2.05, 4.69) is 0 Å². The second-order valence-corrected chi connectivity index (χ2v) is 8.40. The normalized spacial score (nSPS) is 11.0. The van der Waals surface area contributed by atoms with E-state index in [-0.39, 0.29) is 5.91 Å². The Balaban J connectivity index is 1.68. The zero-order valence-electron chi connectivity index (χ0n) is 19.4. The molecule has 0 aliphatic carbocycles. The molecule has 4 aromatic rings. The monoisotopic (exact) mass is 474 g/mol. The van der Waals surface area contributed by atoms with Gasteiger partial charge in [-0.05, 0) is 48.4 Å². The molecule has 0 saturated carbocycles. The molecule has 1 amide bonds. The van der Waals surface area contributed by atoms with Crippen molar-refractivity contribution in [2.24, 2.45) is 0 Å². The number of thiazole rings is 1. The molecule has 4 rings (SSSR count). The number of nitrogens with zero attached hydrogens (tertiary/aromatic N) is 2. The van der Waals surface area contributed by atoms with Gasteiger partial charge in [0.15, 0.2) is 16.6 Å². The summed E-state index contributed by atoms with van der Waals surface area (Å²) in [7, 11) is 3.18. The van der Waals surface area contributed by atoms with Crippen LogP contribution in [0.5, 0.6) is 17.2 Å². The SMILES string of the molecule is CCOc1cccc2sc(N(Cc3ccccc3)C(=O)/C=C/c3ccc(OC)c(OC)c3)nc12.